The molecule has 1 aliphatic heterocycles. The summed E-state index contributed by atoms with van der Waals surface area (Å²) in [6.45, 7) is 3.86. The van der Waals surface area contributed by atoms with E-state index in [0.29, 0.717) is 29.1 Å². The molecular formula is C17H16BrN3O2. The van der Waals surface area contributed by atoms with Gasteiger partial charge in [-0.1, -0.05) is 12.1 Å². The number of furan rings is 1. The Balaban J connectivity index is 1.53. The summed E-state index contributed by atoms with van der Waals surface area (Å²) in [4.78, 5) is 16.4. The second-order valence-electron chi connectivity index (χ2n) is 5.48. The molecule has 23 heavy (non-hydrogen) atoms. The van der Waals surface area contributed by atoms with Crippen molar-refractivity contribution < 1.29 is 9.21 Å². The first-order valence-corrected chi connectivity index (χ1v) is 8.21. The van der Waals surface area contributed by atoms with Gasteiger partial charge in [-0.25, -0.2) is 0 Å². The van der Waals surface area contributed by atoms with Gasteiger partial charge < -0.3 is 9.32 Å². The number of benzene rings is 1. The highest BCUT2D eigenvalue weighted by Crippen LogP contribution is 2.17. The lowest BCUT2D eigenvalue weighted by molar-refractivity contribution is 0.0596. The van der Waals surface area contributed by atoms with E-state index in [9.17, 15) is 4.79 Å². The first-order chi connectivity index (χ1) is 11.2. The van der Waals surface area contributed by atoms with Gasteiger partial charge in [-0.3, -0.25) is 9.69 Å². The van der Waals surface area contributed by atoms with Crippen LogP contribution in [-0.4, -0.2) is 41.9 Å². The largest absolute Gasteiger partial charge is 0.444 e. The van der Waals surface area contributed by atoms with Crippen LogP contribution in [0.5, 0.6) is 0 Å². The Bertz CT molecular complexity index is 725. The molecule has 3 rings (SSSR count). The second-order valence-corrected chi connectivity index (χ2v) is 6.26. The number of carbonyl (C=O) groups is 1. The fraction of sp³-hybridized carbons (Fsp3) is 0.294. The summed E-state index contributed by atoms with van der Waals surface area (Å²) < 4.78 is 5.90. The van der Waals surface area contributed by atoms with Gasteiger partial charge in [0.25, 0.3) is 5.91 Å². The molecule has 1 fully saturated rings. The molecule has 2 aromatic rings. The van der Waals surface area contributed by atoms with Gasteiger partial charge in [0, 0.05) is 32.7 Å². The zero-order valence-corrected chi connectivity index (χ0v) is 14.1. The zero-order valence-electron chi connectivity index (χ0n) is 12.5. The van der Waals surface area contributed by atoms with Crippen LogP contribution in [0.25, 0.3) is 0 Å². The van der Waals surface area contributed by atoms with Crippen molar-refractivity contribution in [2.75, 3.05) is 26.2 Å². The van der Waals surface area contributed by atoms with Crippen molar-refractivity contribution in [2.24, 2.45) is 0 Å². The molecule has 0 saturated carbocycles. The number of halogens is 1. The van der Waals surface area contributed by atoms with Crippen LogP contribution in [0.15, 0.2) is 45.5 Å². The van der Waals surface area contributed by atoms with E-state index in [2.05, 4.69) is 26.9 Å². The van der Waals surface area contributed by atoms with E-state index < -0.39 is 0 Å². The number of amides is 1. The molecule has 1 aromatic heterocycles. The molecule has 2 heterocycles. The maximum Gasteiger partial charge on any atom is 0.289 e. The van der Waals surface area contributed by atoms with Gasteiger partial charge in [-0.15, -0.1) is 0 Å². The molecule has 1 saturated heterocycles. The summed E-state index contributed by atoms with van der Waals surface area (Å²) in [7, 11) is 0. The van der Waals surface area contributed by atoms with Crippen LogP contribution >= 0.6 is 15.9 Å². The van der Waals surface area contributed by atoms with E-state index in [-0.39, 0.29) is 5.91 Å². The highest BCUT2D eigenvalue weighted by molar-refractivity contribution is 9.10. The smallest absolute Gasteiger partial charge is 0.289 e. The van der Waals surface area contributed by atoms with Crippen molar-refractivity contribution >= 4 is 21.8 Å². The molecular weight excluding hydrogens is 358 g/mol. The van der Waals surface area contributed by atoms with Crippen molar-refractivity contribution in [1.29, 1.82) is 5.26 Å². The molecule has 1 amide bonds. The van der Waals surface area contributed by atoms with Gasteiger partial charge in [0.15, 0.2) is 10.4 Å². The number of hydrogen-bond donors (Lipinski definition) is 0. The maximum absolute atomic E-state index is 12.3. The predicted molar refractivity (Wildman–Crippen MR) is 88.7 cm³/mol. The quantitative estimate of drug-likeness (QED) is 0.829. The van der Waals surface area contributed by atoms with Crippen molar-refractivity contribution in [2.45, 2.75) is 6.54 Å². The van der Waals surface area contributed by atoms with E-state index in [1.165, 1.54) is 5.56 Å². The van der Waals surface area contributed by atoms with Crippen molar-refractivity contribution in [3.05, 3.63) is 58.0 Å². The molecule has 5 nitrogen and oxygen atoms in total. The summed E-state index contributed by atoms with van der Waals surface area (Å²) in [5.41, 5.74) is 1.85. The summed E-state index contributed by atoms with van der Waals surface area (Å²) in [5, 5.41) is 8.82. The van der Waals surface area contributed by atoms with Crippen LogP contribution in [0.1, 0.15) is 21.7 Å². The molecule has 1 aromatic carbocycles. The van der Waals surface area contributed by atoms with Gasteiger partial charge in [-0.05, 0) is 45.8 Å². The molecule has 0 aliphatic carbocycles. The van der Waals surface area contributed by atoms with Crippen LogP contribution in [0, 0.1) is 11.3 Å². The molecule has 0 bridgehead atoms. The average molecular weight is 374 g/mol. The Morgan fingerprint density at radius 2 is 1.83 bits per heavy atom. The van der Waals surface area contributed by atoms with E-state index in [1.807, 2.05) is 29.2 Å². The van der Waals surface area contributed by atoms with Crippen LogP contribution in [-0.2, 0) is 6.54 Å². The SMILES string of the molecule is N#Cc1ccc(CN2CCN(C(=O)c3ccc(Br)o3)CC2)cc1. The summed E-state index contributed by atoms with van der Waals surface area (Å²) >= 11 is 3.22. The van der Waals surface area contributed by atoms with E-state index in [0.717, 1.165) is 19.6 Å². The number of carbonyl (C=O) groups excluding carboxylic acids is 1. The minimum Gasteiger partial charge on any atom is -0.444 e. The lowest BCUT2D eigenvalue weighted by Gasteiger charge is -2.34. The summed E-state index contributed by atoms with van der Waals surface area (Å²) in [5.74, 6) is 0.311. The Hall–Kier alpha value is -2.10. The molecule has 0 spiro atoms. The second kappa shape index (κ2) is 6.99. The van der Waals surface area contributed by atoms with E-state index >= 15 is 0 Å². The molecule has 0 N–H and O–H groups in total. The Morgan fingerprint density at radius 1 is 1.13 bits per heavy atom. The normalized spacial score (nSPS) is 15.4. The molecule has 0 radical (unpaired) electrons. The fourth-order valence-electron chi connectivity index (χ4n) is 2.64. The predicted octanol–water partition coefficient (Wildman–Crippen LogP) is 2.87. The Kier molecular flexibility index (Phi) is 4.79. The standard InChI is InChI=1S/C17H16BrN3O2/c18-16-6-5-15(23-16)17(22)21-9-7-20(8-10-21)12-14-3-1-13(11-19)2-4-14/h1-6H,7-10,12H2. The molecule has 0 atom stereocenters. The first-order valence-electron chi connectivity index (χ1n) is 7.42. The van der Waals surface area contributed by atoms with E-state index in [4.69, 9.17) is 9.68 Å². The van der Waals surface area contributed by atoms with Gasteiger partial charge in [0.1, 0.15) is 0 Å². The third-order valence-corrected chi connectivity index (χ3v) is 4.36. The van der Waals surface area contributed by atoms with Gasteiger partial charge in [-0.2, -0.15) is 5.26 Å². The monoisotopic (exact) mass is 373 g/mol. The number of nitriles is 1. The van der Waals surface area contributed by atoms with Crippen molar-refractivity contribution in [3.63, 3.8) is 0 Å². The molecule has 1 aliphatic rings. The lowest BCUT2D eigenvalue weighted by Crippen LogP contribution is -2.48. The Morgan fingerprint density at radius 3 is 2.39 bits per heavy atom. The average Bonchev–Trinajstić information content (AvgIpc) is 3.02. The minimum atomic E-state index is -0.0614. The number of nitrogens with zero attached hydrogens (tertiary/aromatic N) is 3. The highest BCUT2D eigenvalue weighted by atomic mass is 79.9. The fourth-order valence-corrected chi connectivity index (χ4v) is 2.94. The number of rotatable bonds is 3. The maximum atomic E-state index is 12.3. The molecule has 0 unspecified atom stereocenters. The van der Waals surface area contributed by atoms with Gasteiger partial charge in [0.2, 0.25) is 0 Å². The first kappa shape index (κ1) is 15.8. The van der Waals surface area contributed by atoms with Crippen molar-refractivity contribution in [1.82, 2.24) is 9.80 Å². The zero-order chi connectivity index (χ0) is 16.2. The van der Waals surface area contributed by atoms with E-state index in [1.54, 1.807) is 12.1 Å². The lowest BCUT2D eigenvalue weighted by atomic mass is 10.1. The topological polar surface area (TPSA) is 60.5 Å². The third kappa shape index (κ3) is 3.81. The summed E-state index contributed by atoms with van der Waals surface area (Å²) in [6, 6.07) is 13.2. The summed E-state index contributed by atoms with van der Waals surface area (Å²) in [6.07, 6.45) is 0. The molecule has 118 valence electrons. The van der Waals surface area contributed by atoms with Crippen molar-refractivity contribution in [3.8, 4) is 6.07 Å². The van der Waals surface area contributed by atoms with Gasteiger partial charge >= 0.3 is 0 Å². The minimum absolute atomic E-state index is 0.0614. The highest BCUT2D eigenvalue weighted by Gasteiger charge is 2.24. The van der Waals surface area contributed by atoms with Crippen LogP contribution in [0.3, 0.4) is 0 Å². The molecule has 6 heteroatoms. The van der Waals surface area contributed by atoms with Crippen LogP contribution in [0.4, 0.5) is 0 Å². The number of hydrogen-bond acceptors (Lipinski definition) is 4. The Labute approximate surface area is 143 Å². The third-order valence-electron chi connectivity index (χ3n) is 3.93. The van der Waals surface area contributed by atoms with Crippen LogP contribution < -0.4 is 0 Å². The van der Waals surface area contributed by atoms with Gasteiger partial charge in [0.05, 0.1) is 11.6 Å². The van der Waals surface area contributed by atoms with Crippen LogP contribution in [0.2, 0.25) is 0 Å². The number of piperazine rings is 1.